The predicted molar refractivity (Wildman–Crippen MR) is 99.6 cm³/mol. The van der Waals surface area contributed by atoms with Crippen molar-refractivity contribution in [3.8, 4) is 11.5 Å². The van der Waals surface area contributed by atoms with Crippen LogP contribution in [0.5, 0.6) is 11.5 Å². The van der Waals surface area contributed by atoms with E-state index in [0.29, 0.717) is 29.8 Å². The second-order valence-electron chi connectivity index (χ2n) is 7.03. The molecule has 0 aromatic heterocycles. The molecule has 26 heavy (non-hydrogen) atoms. The second kappa shape index (κ2) is 7.98. The number of likely N-dealkylation sites (tertiary alicyclic amines) is 1. The Labute approximate surface area is 155 Å². The number of amides is 2. The summed E-state index contributed by atoms with van der Waals surface area (Å²) >= 11 is 0. The van der Waals surface area contributed by atoms with E-state index in [2.05, 4.69) is 6.92 Å². The molecule has 1 aromatic rings. The van der Waals surface area contributed by atoms with Crippen LogP contribution in [-0.4, -0.2) is 50.1 Å². The molecule has 2 amide bonds. The highest BCUT2D eigenvalue weighted by molar-refractivity contribution is 6.01. The molecular formula is C20H28N2O4. The molecule has 6 heteroatoms. The second-order valence-corrected chi connectivity index (χ2v) is 7.03. The number of methoxy groups -OCH3 is 2. The third-order valence-corrected chi connectivity index (χ3v) is 5.53. The molecule has 0 N–H and O–H groups in total. The number of hydrogen-bond donors (Lipinski definition) is 0. The normalized spacial score (nSPS) is 23.3. The van der Waals surface area contributed by atoms with E-state index in [1.807, 2.05) is 11.0 Å². The molecule has 2 atom stereocenters. The van der Waals surface area contributed by atoms with Crippen LogP contribution in [0.25, 0.3) is 0 Å². The number of rotatable bonds is 5. The molecular weight excluding hydrogens is 332 g/mol. The van der Waals surface area contributed by atoms with Crippen molar-refractivity contribution < 1.29 is 19.1 Å². The van der Waals surface area contributed by atoms with E-state index >= 15 is 0 Å². The fraction of sp³-hybridized carbons (Fsp3) is 0.600. The molecule has 0 bridgehead atoms. The Kier molecular flexibility index (Phi) is 5.69. The summed E-state index contributed by atoms with van der Waals surface area (Å²) in [6, 6.07) is 5.70. The third-order valence-electron chi connectivity index (χ3n) is 5.53. The summed E-state index contributed by atoms with van der Waals surface area (Å²) in [5, 5.41) is 0. The maximum absolute atomic E-state index is 13.0. The van der Waals surface area contributed by atoms with Gasteiger partial charge in [0.25, 0.3) is 0 Å². The molecule has 2 unspecified atom stereocenters. The van der Waals surface area contributed by atoms with Crippen LogP contribution in [0.1, 0.15) is 39.0 Å². The molecule has 0 radical (unpaired) electrons. The molecule has 2 heterocycles. The lowest BCUT2D eigenvalue weighted by atomic mass is 9.97. The molecule has 3 rings (SSSR count). The van der Waals surface area contributed by atoms with E-state index in [9.17, 15) is 9.59 Å². The summed E-state index contributed by atoms with van der Waals surface area (Å²) in [5.74, 6) is 1.07. The molecule has 1 aromatic carbocycles. The quantitative estimate of drug-likeness (QED) is 0.810. The summed E-state index contributed by atoms with van der Waals surface area (Å²) in [5.41, 5.74) is 0.694. The standard InChI is InChI=1S/C20H28N2O4/c1-4-15-7-5-6-10-21(15)20(24)14-11-19(23)22(13-14)17-9-8-16(25-2)12-18(17)26-3/h8-9,12,14-15H,4-7,10-11,13H2,1-3H3. The van der Waals surface area contributed by atoms with E-state index < -0.39 is 0 Å². The zero-order valence-corrected chi connectivity index (χ0v) is 15.9. The van der Waals surface area contributed by atoms with Crippen LogP contribution >= 0.6 is 0 Å². The van der Waals surface area contributed by atoms with Gasteiger partial charge >= 0.3 is 0 Å². The van der Waals surface area contributed by atoms with Gasteiger partial charge < -0.3 is 19.3 Å². The summed E-state index contributed by atoms with van der Waals surface area (Å²) in [6.07, 6.45) is 4.54. The van der Waals surface area contributed by atoms with E-state index in [-0.39, 0.29) is 24.2 Å². The lowest BCUT2D eigenvalue weighted by Crippen LogP contribution is -2.46. The predicted octanol–water partition coefficient (Wildman–Crippen LogP) is 2.85. The number of anilines is 1. The van der Waals surface area contributed by atoms with Crippen molar-refractivity contribution >= 4 is 17.5 Å². The molecule has 0 spiro atoms. The molecule has 2 aliphatic rings. The van der Waals surface area contributed by atoms with Gasteiger partial charge in [-0.3, -0.25) is 9.59 Å². The molecule has 2 fully saturated rings. The summed E-state index contributed by atoms with van der Waals surface area (Å²) < 4.78 is 10.6. The molecule has 0 aliphatic carbocycles. The summed E-state index contributed by atoms with van der Waals surface area (Å²) in [4.78, 5) is 29.3. The van der Waals surface area contributed by atoms with Gasteiger partial charge in [0, 0.05) is 31.6 Å². The molecule has 0 saturated carbocycles. The zero-order valence-electron chi connectivity index (χ0n) is 15.9. The first-order valence-electron chi connectivity index (χ1n) is 9.41. The number of benzene rings is 1. The van der Waals surface area contributed by atoms with Crippen molar-refractivity contribution in [1.82, 2.24) is 4.90 Å². The van der Waals surface area contributed by atoms with Crippen molar-refractivity contribution in [2.75, 3.05) is 32.2 Å². The Bertz CT molecular complexity index is 676. The van der Waals surface area contributed by atoms with E-state index in [1.54, 1.807) is 31.3 Å². The highest BCUT2D eigenvalue weighted by Crippen LogP contribution is 2.36. The minimum atomic E-state index is -0.276. The minimum absolute atomic E-state index is 0.0307. The fourth-order valence-corrected chi connectivity index (χ4v) is 4.06. The van der Waals surface area contributed by atoms with Gasteiger partial charge in [-0.2, -0.15) is 0 Å². The third kappa shape index (κ3) is 3.50. The number of carbonyl (C=O) groups is 2. The Balaban J connectivity index is 1.77. The SMILES string of the molecule is CCC1CCCCN1C(=O)C1CC(=O)N(c2ccc(OC)cc2OC)C1. The topological polar surface area (TPSA) is 59.1 Å². The molecule has 142 valence electrons. The average Bonchev–Trinajstić information content (AvgIpc) is 3.08. The maximum atomic E-state index is 13.0. The van der Waals surface area contributed by atoms with Crippen LogP contribution in [-0.2, 0) is 9.59 Å². The smallest absolute Gasteiger partial charge is 0.228 e. The van der Waals surface area contributed by atoms with Crippen LogP contribution in [0, 0.1) is 5.92 Å². The zero-order chi connectivity index (χ0) is 18.7. The Morgan fingerprint density at radius 1 is 1.23 bits per heavy atom. The molecule has 2 saturated heterocycles. The van der Waals surface area contributed by atoms with Crippen molar-refractivity contribution in [1.29, 1.82) is 0 Å². The number of piperidine rings is 1. The van der Waals surface area contributed by atoms with Crippen LogP contribution in [0.3, 0.4) is 0 Å². The Morgan fingerprint density at radius 3 is 2.73 bits per heavy atom. The van der Waals surface area contributed by atoms with Crippen molar-refractivity contribution in [3.05, 3.63) is 18.2 Å². The number of ether oxygens (including phenoxy) is 2. The van der Waals surface area contributed by atoms with Gasteiger partial charge in [0.05, 0.1) is 25.8 Å². The summed E-state index contributed by atoms with van der Waals surface area (Å²) in [7, 11) is 3.16. The van der Waals surface area contributed by atoms with Gasteiger partial charge in [0.2, 0.25) is 11.8 Å². The molecule has 2 aliphatic heterocycles. The summed E-state index contributed by atoms with van der Waals surface area (Å²) in [6.45, 7) is 3.35. The van der Waals surface area contributed by atoms with Gasteiger partial charge in [-0.05, 0) is 37.8 Å². The van der Waals surface area contributed by atoms with Crippen LogP contribution < -0.4 is 14.4 Å². The lowest BCUT2D eigenvalue weighted by Gasteiger charge is -2.36. The first-order valence-corrected chi connectivity index (χ1v) is 9.41. The van der Waals surface area contributed by atoms with Crippen molar-refractivity contribution in [3.63, 3.8) is 0 Å². The van der Waals surface area contributed by atoms with Crippen LogP contribution in [0.15, 0.2) is 18.2 Å². The first-order chi connectivity index (χ1) is 12.6. The van der Waals surface area contributed by atoms with Gasteiger partial charge in [-0.15, -0.1) is 0 Å². The monoisotopic (exact) mass is 360 g/mol. The Morgan fingerprint density at radius 2 is 2.04 bits per heavy atom. The van der Waals surface area contributed by atoms with E-state index in [4.69, 9.17) is 9.47 Å². The Hall–Kier alpha value is -2.24. The maximum Gasteiger partial charge on any atom is 0.228 e. The van der Waals surface area contributed by atoms with Crippen LogP contribution in [0.2, 0.25) is 0 Å². The largest absolute Gasteiger partial charge is 0.497 e. The van der Waals surface area contributed by atoms with Gasteiger partial charge in [0.15, 0.2) is 0 Å². The molecule has 6 nitrogen and oxygen atoms in total. The highest BCUT2D eigenvalue weighted by Gasteiger charge is 2.40. The number of nitrogens with zero attached hydrogens (tertiary/aromatic N) is 2. The van der Waals surface area contributed by atoms with E-state index in [0.717, 1.165) is 25.8 Å². The van der Waals surface area contributed by atoms with Gasteiger partial charge in [-0.25, -0.2) is 0 Å². The lowest BCUT2D eigenvalue weighted by molar-refractivity contribution is -0.139. The fourth-order valence-electron chi connectivity index (χ4n) is 4.06. The number of carbonyl (C=O) groups excluding carboxylic acids is 2. The van der Waals surface area contributed by atoms with E-state index in [1.165, 1.54) is 6.42 Å². The van der Waals surface area contributed by atoms with Crippen molar-refractivity contribution in [2.24, 2.45) is 5.92 Å². The van der Waals surface area contributed by atoms with Gasteiger partial charge in [0.1, 0.15) is 11.5 Å². The van der Waals surface area contributed by atoms with Gasteiger partial charge in [-0.1, -0.05) is 6.92 Å². The van der Waals surface area contributed by atoms with Crippen molar-refractivity contribution in [2.45, 2.75) is 45.1 Å². The average molecular weight is 360 g/mol. The highest BCUT2D eigenvalue weighted by atomic mass is 16.5. The van der Waals surface area contributed by atoms with Crippen LogP contribution in [0.4, 0.5) is 5.69 Å². The minimum Gasteiger partial charge on any atom is -0.497 e. The number of hydrogen-bond acceptors (Lipinski definition) is 4. The first kappa shape index (κ1) is 18.5.